The minimum atomic E-state index is -0.289. The van der Waals surface area contributed by atoms with Gasteiger partial charge in [0.1, 0.15) is 0 Å². The van der Waals surface area contributed by atoms with E-state index in [4.69, 9.17) is 0 Å². The molecule has 7 rings (SSSR count). The average Bonchev–Trinajstić information content (AvgIpc) is 3.71. The van der Waals surface area contributed by atoms with Crippen LogP contribution in [0.25, 0.3) is 16.7 Å². The SMILES string of the molecule is CC1(C)C2=C(C(=O)c3cc(-c4cccnc4)c(N4CCN(C5CC5)CC4)cc31)c1ccc(C#N)cc1C2. The van der Waals surface area contributed by atoms with Gasteiger partial charge in [0.05, 0.1) is 11.6 Å². The number of pyridine rings is 1. The van der Waals surface area contributed by atoms with Crippen LogP contribution in [0.2, 0.25) is 0 Å². The molecule has 0 unspecified atom stereocenters. The molecular weight excluding hydrogens is 456 g/mol. The number of anilines is 1. The van der Waals surface area contributed by atoms with Crippen molar-refractivity contribution in [1.29, 1.82) is 5.26 Å². The van der Waals surface area contributed by atoms with E-state index in [1.807, 2.05) is 30.5 Å². The van der Waals surface area contributed by atoms with E-state index >= 15 is 0 Å². The van der Waals surface area contributed by atoms with Crippen molar-refractivity contribution in [2.24, 2.45) is 0 Å². The molecule has 1 saturated carbocycles. The number of ketones is 1. The first kappa shape index (κ1) is 22.4. The number of nitrogens with zero attached hydrogens (tertiary/aromatic N) is 4. The minimum Gasteiger partial charge on any atom is -0.368 e. The van der Waals surface area contributed by atoms with Crippen LogP contribution in [0, 0.1) is 11.3 Å². The predicted octanol–water partition coefficient (Wildman–Crippen LogP) is 5.39. The lowest BCUT2D eigenvalue weighted by molar-refractivity contribution is 0.105. The van der Waals surface area contributed by atoms with Crippen LogP contribution in [-0.4, -0.2) is 47.9 Å². The van der Waals surface area contributed by atoms with Crippen molar-refractivity contribution in [2.45, 2.75) is 44.6 Å². The van der Waals surface area contributed by atoms with Crippen molar-refractivity contribution < 1.29 is 4.79 Å². The van der Waals surface area contributed by atoms with Gasteiger partial charge in [-0.3, -0.25) is 14.7 Å². The summed E-state index contributed by atoms with van der Waals surface area (Å²) in [5, 5.41) is 9.42. The standard InChI is InChI=1S/C32H30N4O/c1-32(2)27-17-29(36-12-10-35(11-13-36)23-6-7-23)25(21-4-3-9-34-19-21)16-26(27)31(37)30-24-8-5-20(18-33)14-22(24)15-28(30)32/h3-5,8-9,14,16-17,19,23H,6-7,10-13,15H2,1-2H3. The monoisotopic (exact) mass is 486 g/mol. The molecule has 0 bridgehead atoms. The molecule has 5 heteroatoms. The summed E-state index contributed by atoms with van der Waals surface area (Å²) >= 11 is 0. The van der Waals surface area contributed by atoms with E-state index in [9.17, 15) is 10.1 Å². The second kappa shape index (κ2) is 8.13. The zero-order valence-electron chi connectivity index (χ0n) is 21.4. The van der Waals surface area contributed by atoms with Gasteiger partial charge in [0.25, 0.3) is 0 Å². The van der Waals surface area contributed by atoms with E-state index in [2.05, 4.69) is 52.9 Å². The zero-order chi connectivity index (χ0) is 25.3. The molecule has 2 aromatic carbocycles. The number of nitriles is 1. The Bertz CT molecular complexity index is 1520. The van der Waals surface area contributed by atoms with Gasteiger partial charge in [-0.05, 0) is 71.9 Å². The number of hydrogen-bond donors (Lipinski definition) is 0. The minimum absolute atomic E-state index is 0.100. The number of benzene rings is 2. The Labute approximate surface area is 218 Å². The lowest BCUT2D eigenvalue weighted by Gasteiger charge is -2.40. The van der Waals surface area contributed by atoms with E-state index in [1.54, 1.807) is 6.20 Å². The zero-order valence-corrected chi connectivity index (χ0v) is 21.4. The number of carbonyl (C=O) groups is 1. The van der Waals surface area contributed by atoms with Gasteiger partial charge in [0.15, 0.2) is 5.78 Å². The van der Waals surface area contributed by atoms with Gasteiger partial charge in [-0.2, -0.15) is 5.26 Å². The Kier molecular flexibility index (Phi) is 4.93. The molecule has 3 aromatic rings. The molecule has 4 aliphatic rings. The summed E-state index contributed by atoms with van der Waals surface area (Å²) < 4.78 is 0. The van der Waals surface area contributed by atoms with Crippen molar-refractivity contribution >= 4 is 17.0 Å². The van der Waals surface area contributed by atoms with E-state index in [1.165, 1.54) is 24.1 Å². The smallest absolute Gasteiger partial charge is 0.193 e. The fourth-order valence-corrected chi connectivity index (χ4v) is 6.66. The van der Waals surface area contributed by atoms with Crippen LogP contribution >= 0.6 is 0 Å². The average molecular weight is 487 g/mol. The lowest BCUT2D eigenvalue weighted by atomic mass is 9.67. The van der Waals surface area contributed by atoms with E-state index in [0.29, 0.717) is 5.56 Å². The quantitative estimate of drug-likeness (QED) is 0.497. The normalized spacial score (nSPS) is 20.4. The summed E-state index contributed by atoms with van der Waals surface area (Å²) in [6, 6.07) is 17.3. The largest absolute Gasteiger partial charge is 0.368 e. The number of piperazine rings is 1. The molecule has 5 nitrogen and oxygen atoms in total. The van der Waals surface area contributed by atoms with Crippen molar-refractivity contribution in [3.63, 3.8) is 0 Å². The highest BCUT2D eigenvalue weighted by atomic mass is 16.1. The van der Waals surface area contributed by atoms with Crippen LogP contribution < -0.4 is 4.90 Å². The predicted molar refractivity (Wildman–Crippen MR) is 146 cm³/mol. The molecule has 2 fully saturated rings. The maximum atomic E-state index is 14.1. The van der Waals surface area contributed by atoms with Crippen LogP contribution in [0.4, 0.5) is 5.69 Å². The Morgan fingerprint density at radius 2 is 1.81 bits per heavy atom. The Balaban J connectivity index is 1.36. The molecule has 0 N–H and O–H groups in total. The van der Waals surface area contributed by atoms with Crippen molar-refractivity contribution in [3.05, 3.63) is 88.2 Å². The third-order valence-electron chi connectivity index (χ3n) is 8.90. The van der Waals surface area contributed by atoms with Crippen LogP contribution in [0.5, 0.6) is 0 Å². The molecule has 0 spiro atoms. The summed E-state index contributed by atoms with van der Waals surface area (Å²) in [6.07, 6.45) is 7.10. The van der Waals surface area contributed by atoms with E-state index < -0.39 is 0 Å². The Morgan fingerprint density at radius 3 is 2.51 bits per heavy atom. The van der Waals surface area contributed by atoms with Gasteiger partial charge in [0, 0.05) is 78.0 Å². The molecule has 37 heavy (non-hydrogen) atoms. The molecule has 0 atom stereocenters. The van der Waals surface area contributed by atoms with Gasteiger partial charge < -0.3 is 4.90 Å². The second-order valence-electron chi connectivity index (χ2n) is 11.4. The summed E-state index contributed by atoms with van der Waals surface area (Å²) in [5.74, 6) is 0.100. The number of rotatable bonds is 3. The molecule has 1 saturated heterocycles. The highest BCUT2D eigenvalue weighted by molar-refractivity contribution is 6.33. The third-order valence-corrected chi connectivity index (χ3v) is 8.90. The van der Waals surface area contributed by atoms with Gasteiger partial charge in [-0.15, -0.1) is 0 Å². The molecule has 3 aliphatic carbocycles. The van der Waals surface area contributed by atoms with Gasteiger partial charge in [-0.25, -0.2) is 0 Å². The number of carbonyl (C=O) groups excluding carboxylic acids is 1. The summed E-state index contributed by atoms with van der Waals surface area (Å²) in [5.41, 5.74) is 9.66. The maximum absolute atomic E-state index is 14.1. The molecule has 184 valence electrons. The number of allylic oxidation sites excluding steroid dienone is 2. The molecule has 2 heterocycles. The molecule has 0 radical (unpaired) electrons. The highest BCUT2D eigenvalue weighted by Crippen LogP contribution is 2.52. The Morgan fingerprint density at radius 1 is 1.00 bits per heavy atom. The van der Waals surface area contributed by atoms with Gasteiger partial charge >= 0.3 is 0 Å². The fraction of sp³-hybridized carbons (Fsp3) is 0.344. The Hall–Kier alpha value is -3.75. The van der Waals surface area contributed by atoms with Crippen LogP contribution in [-0.2, 0) is 11.8 Å². The molecule has 0 amide bonds. The van der Waals surface area contributed by atoms with E-state index in [-0.39, 0.29) is 11.2 Å². The van der Waals surface area contributed by atoms with Gasteiger partial charge in [0.2, 0.25) is 0 Å². The topological polar surface area (TPSA) is 60.2 Å². The summed E-state index contributed by atoms with van der Waals surface area (Å²) in [4.78, 5) is 23.7. The first-order valence-corrected chi connectivity index (χ1v) is 13.4. The van der Waals surface area contributed by atoms with Crippen LogP contribution in [0.15, 0.2) is 60.4 Å². The number of aromatic nitrogens is 1. The molecular formula is C32H30N4O. The fourth-order valence-electron chi connectivity index (χ4n) is 6.66. The number of Topliss-reactive ketones (excluding diaryl/α,β-unsaturated/α-hetero) is 1. The van der Waals surface area contributed by atoms with Crippen molar-refractivity contribution in [3.8, 4) is 17.2 Å². The van der Waals surface area contributed by atoms with Crippen LogP contribution in [0.1, 0.15) is 59.3 Å². The summed E-state index contributed by atoms with van der Waals surface area (Å²) in [7, 11) is 0. The molecule has 1 aromatic heterocycles. The number of fused-ring (bicyclic) bond motifs is 3. The molecule has 1 aliphatic heterocycles. The first-order valence-electron chi connectivity index (χ1n) is 13.4. The van der Waals surface area contributed by atoms with Gasteiger partial charge in [-0.1, -0.05) is 26.0 Å². The maximum Gasteiger partial charge on any atom is 0.193 e. The summed E-state index contributed by atoms with van der Waals surface area (Å²) in [6.45, 7) is 8.66. The van der Waals surface area contributed by atoms with Crippen molar-refractivity contribution in [2.75, 3.05) is 31.1 Å². The second-order valence-corrected chi connectivity index (χ2v) is 11.4. The van der Waals surface area contributed by atoms with Crippen LogP contribution in [0.3, 0.4) is 0 Å². The highest BCUT2D eigenvalue weighted by Gasteiger charge is 2.43. The third kappa shape index (κ3) is 3.47. The van der Waals surface area contributed by atoms with E-state index in [0.717, 1.165) is 77.6 Å². The van der Waals surface area contributed by atoms with Crippen molar-refractivity contribution in [1.82, 2.24) is 9.88 Å². The lowest BCUT2D eigenvalue weighted by Crippen LogP contribution is -2.47. The first-order chi connectivity index (χ1) is 18.0. The number of hydrogen-bond acceptors (Lipinski definition) is 5.